The molecule has 0 aliphatic carbocycles. The standard InChI is InChI=1S/C14H26N2O3/c1-2-14(13(18)19)9-7-11-16(14)12(17)8-5-3-4-6-10-15/h2-11,15H2,1H3,(H,18,19). The van der Waals surface area contributed by atoms with Gasteiger partial charge in [0.1, 0.15) is 5.54 Å². The van der Waals surface area contributed by atoms with Crippen molar-refractivity contribution >= 4 is 11.9 Å². The first-order chi connectivity index (χ1) is 9.08. The number of carbonyl (C=O) groups is 2. The lowest BCUT2D eigenvalue weighted by molar-refractivity contribution is -0.156. The van der Waals surface area contributed by atoms with Crippen LogP contribution in [-0.4, -0.2) is 40.5 Å². The number of unbranched alkanes of at least 4 members (excludes halogenated alkanes) is 3. The minimum absolute atomic E-state index is 0.00509. The summed E-state index contributed by atoms with van der Waals surface area (Å²) < 4.78 is 0. The Labute approximate surface area is 115 Å². The Kier molecular flexibility index (Phi) is 6.28. The molecule has 0 bridgehead atoms. The van der Waals surface area contributed by atoms with Gasteiger partial charge in [-0.15, -0.1) is 0 Å². The van der Waals surface area contributed by atoms with Crippen LogP contribution < -0.4 is 5.73 Å². The fourth-order valence-electron chi connectivity index (χ4n) is 2.89. The van der Waals surface area contributed by atoms with Crippen molar-refractivity contribution in [3.8, 4) is 0 Å². The second kappa shape index (κ2) is 7.48. The summed E-state index contributed by atoms with van der Waals surface area (Å²) in [7, 11) is 0. The van der Waals surface area contributed by atoms with Gasteiger partial charge in [0.2, 0.25) is 5.91 Å². The summed E-state index contributed by atoms with van der Waals surface area (Å²) in [6, 6.07) is 0. The number of carboxylic acids is 1. The van der Waals surface area contributed by atoms with E-state index < -0.39 is 11.5 Å². The highest BCUT2D eigenvalue weighted by Gasteiger charge is 2.48. The lowest BCUT2D eigenvalue weighted by Gasteiger charge is -2.34. The van der Waals surface area contributed by atoms with E-state index in [9.17, 15) is 14.7 Å². The van der Waals surface area contributed by atoms with E-state index in [1.807, 2.05) is 6.92 Å². The van der Waals surface area contributed by atoms with Gasteiger partial charge in [0.15, 0.2) is 0 Å². The Hall–Kier alpha value is -1.10. The molecule has 19 heavy (non-hydrogen) atoms. The van der Waals surface area contributed by atoms with Gasteiger partial charge in [0.25, 0.3) is 0 Å². The Morgan fingerprint density at radius 1 is 1.26 bits per heavy atom. The summed E-state index contributed by atoms with van der Waals surface area (Å²) >= 11 is 0. The maximum Gasteiger partial charge on any atom is 0.329 e. The van der Waals surface area contributed by atoms with E-state index in [1.54, 1.807) is 4.90 Å². The van der Waals surface area contributed by atoms with E-state index in [0.29, 0.717) is 32.4 Å². The lowest BCUT2D eigenvalue weighted by atomic mass is 9.92. The predicted octanol–water partition coefficient (Wildman–Crippen LogP) is 1.75. The molecule has 0 spiro atoms. The molecule has 1 fully saturated rings. The second-order valence-electron chi connectivity index (χ2n) is 5.29. The van der Waals surface area contributed by atoms with Crippen LogP contribution in [0.1, 0.15) is 58.3 Å². The average molecular weight is 270 g/mol. The molecule has 5 heteroatoms. The number of likely N-dealkylation sites (tertiary alicyclic amines) is 1. The molecule has 1 rings (SSSR count). The molecule has 1 heterocycles. The molecule has 1 saturated heterocycles. The largest absolute Gasteiger partial charge is 0.479 e. The van der Waals surface area contributed by atoms with E-state index in [4.69, 9.17) is 5.73 Å². The van der Waals surface area contributed by atoms with Gasteiger partial charge in [-0.3, -0.25) is 4.79 Å². The number of rotatable bonds is 8. The van der Waals surface area contributed by atoms with Crippen LogP contribution in [0.3, 0.4) is 0 Å². The number of nitrogens with zero attached hydrogens (tertiary/aromatic N) is 1. The van der Waals surface area contributed by atoms with Crippen LogP contribution in [-0.2, 0) is 9.59 Å². The van der Waals surface area contributed by atoms with Crippen molar-refractivity contribution in [1.29, 1.82) is 0 Å². The Bertz CT molecular complexity index is 320. The van der Waals surface area contributed by atoms with Crippen molar-refractivity contribution in [2.45, 2.75) is 63.8 Å². The topological polar surface area (TPSA) is 83.6 Å². The van der Waals surface area contributed by atoms with Crippen molar-refractivity contribution in [3.05, 3.63) is 0 Å². The molecule has 110 valence electrons. The van der Waals surface area contributed by atoms with Gasteiger partial charge in [0.05, 0.1) is 0 Å². The number of hydrogen-bond acceptors (Lipinski definition) is 3. The monoisotopic (exact) mass is 270 g/mol. The number of carboxylic acid groups (broad SMARTS) is 1. The zero-order chi connectivity index (χ0) is 14.3. The van der Waals surface area contributed by atoms with E-state index in [1.165, 1.54) is 0 Å². The van der Waals surface area contributed by atoms with Crippen molar-refractivity contribution in [3.63, 3.8) is 0 Å². The summed E-state index contributed by atoms with van der Waals surface area (Å²) in [6.07, 6.45) is 6.17. The molecule has 1 atom stereocenters. The lowest BCUT2D eigenvalue weighted by Crippen LogP contribution is -2.52. The number of carbonyl (C=O) groups excluding carboxylic acids is 1. The first-order valence-corrected chi connectivity index (χ1v) is 7.32. The van der Waals surface area contributed by atoms with Crippen molar-refractivity contribution in [2.75, 3.05) is 13.1 Å². The van der Waals surface area contributed by atoms with E-state index in [-0.39, 0.29) is 5.91 Å². The van der Waals surface area contributed by atoms with Gasteiger partial charge < -0.3 is 15.7 Å². The predicted molar refractivity (Wildman–Crippen MR) is 73.7 cm³/mol. The smallest absolute Gasteiger partial charge is 0.329 e. The first kappa shape index (κ1) is 16.0. The van der Waals surface area contributed by atoms with Crippen molar-refractivity contribution in [1.82, 2.24) is 4.90 Å². The highest BCUT2D eigenvalue weighted by Crippen LogP contribution is 2.33. The normalized spacial score (nSPS) is 22.7. The SMILES string of the molecule is CCC1(C(=O)O)CCCN1C(=O)CCCCCCN. The number of amides is 1. The Morgan fingerprint density at radius 3 is 2.53 bits per heavy atom. The fraction of sp³-hybridized carbons (Fsp3) is 0.857. The van der Waals surface area contributed by atoms with Gasteiger partial charge >= 0.3 is 5.97 Å². The first-order valence-electron chi connectivity index (χ1n) is 7.32. The number of nitrogens with two attached hydrogens (primary N) is 1. The second-order valence-corrected chi connectivity index (χ2v) is 5.29. The van der Waals surface area contributed by atoms with Gasteiger partial charge in [-0.25, -0.2) is 4.79 Å². The zero-order valence-corrected chi connectivity index (χ0v) is 11.9. The van der Waals surface area contributed by atoms with Crippen LogP contribution in [0.15, 0.2) is 0 Å². The van der Waals surface area contributed by atoms with Crippen LogP contribution in [0.5, 0.6) is 0 Å². The molecule has 0 aromatic heterocycles. The minimum Gasteiger partial charge on any atom is -0.479 e. The quantitative estimate of drug-likeness (QED) is 0.658. The number of hydrogen-bond donors (Lipinski definition) is 2. The summed E-state index contributed by atoms with van der Waals surface area (Å²) in [4.78, 5) is 25.3. The van der Waals surface area contributed by atoms with Crippen LogP contribution in [0.25, 0.3) is 0 Å². The van der Waals surface area contributed by atoms with Crippen LogP contribution >= 0.6 is 0 Å². The van der Waals surface area contributed by atoms with E-state index >= 15 is 0 Å². The summed E-state index contributed by atoms with van der Waals surface area (Å²) in [5.41, 5.74) is 4.47. The Balaban J connectivity index is 2.48. The highest BCUT2D eigenvalue weighted by atomic mass is 16.4. The van der Waals surface area contributed by atoms with Crippen LogP contribution in [0.2, 0.25) is 0 Å². The van der Waals surface area contributed by atoms with Crippen molar-refractivity contribution < 1.29 is 14.7 Å². The van der Waals surface area contributed by atoms with Gasteiger partial charge in [-0.05, 0) is 38.6 Å². The van der Waals surface area contributed by atoms with Crippen molar-refractivity contribution in [2.24, 2.45) is 5.73 Å². The third-order valence-electron chi connectivity index (χ3n) is 4.12. The molecule has 0 aromatic rings. The molecule has 3 N–H and O–H groups in total. The molecular formula is C14H26N2O3. The van der Waals surface area contributed by atoms with E-state index in [0.717, 1.165) is 32.1 Å². The van der Waals surface area contributed by atoms with E-state index in [2.05, 4.69) is 0 Å². The molecule has 1 aliphatic heterocycles. The summed E-state index contributed by atoms with van der Waals surface area (Å²) in [6.45, 7) is 3.13. The molecule has 0 saturated carbocycles. The molecule has 0 aromatic carbocycles. The average Bonchev–Trinajstić information content (AvgIpc) is 2.83. The third-order valence-corrected chi connectivity index (χ3v) is 4.12. The molecular weight excluding hydrogens is 244 g/mol. The van der Waals surface area contributed by atoms with Gasteiger partial charge in [0, 0.05) is 13.0 Å². The maximum absolute atomic E-state index is 12.2. The zero-order valence-electron chi connectivity index (χ0n) is 11.9. The van der Waals surface area contributed by atoms with Gasteiger partial charge in [-0.1, -0.05) is 19.8 Å². The summed E-state index contributed by atoms with van der Waals surface area (Å²) in [5, 5.41) is 9.42. The molecule has 5 nitrogen and oxygen atoms in total. The third kappa shape index (κ3) is 3.69. The van der Waals surface area contributed by atoms with Crippen LogP contribution in [0, 0.1) is 0 Å². The summed E-state index contributed by atoms with van der Waals surface area (Å²) in [5.74, 6) is -0.863. The van der Waals surface area contributed by atoms with Crippen LogP contribution in [0.4, 0.5) is 0 Å². The number of aliphatic carboxylic acids is 1. The minimum atomic E-state index is -0.950. The van der Waals surface area contributed by atoms with Gasteiger partial charge in [-0.2, -0.15) is 0 Å². The molecule has 1 unspecified atom stereocenters. The Morgan fingerprint density at radius 2 is 1.95 bits per heavy atom. The molecule has 0 radical (unpaired) electrons. The highest BCUT2D eigenvalue weighted by molar-refractivity contribution is 5.87. The fourth-order valence-corrected chi connectivity index (χ4v) is 2.89. The molecule has 1 aliphatic rings. The molecule has 1 amide bonds. The maximum atomic E-state index is 12.2.